The standard InChI is InChI=1S/C17H19N7O2/c1-22-6-8-23(9-7-22)16-5-4-15(24(25)26)17(20-16)19-13-3-2-12-11-18-21-14(12)10-13/h2-5,10-11H,6-9H2,1H3,(H,18,21)(H,19,20). The van der Waals surface area contributed by atoms with E-state index in [9.17, 15) is 10.1 Å². The van der Waals surface area contributed by atoms with Gasteiger partial charge in [-0.3, -0.25) is 15.2 Å². The topological polar surface area (TPSA) is 103 Å². The van der Waals surface area contributed by atoms with Crippen LogP contribution in [0.1, 0.15) is 0 Å². The Hall–Kier alpha value is -3.20. The molecule has 4 rings (SSSR count). The van der Waals surface area contributed by atoms with Crippen molar-refractivity contribution in [3.63, 3.8) is 0 Å². The number of hydrogen-bond acceptors (Lipinski definition) is 7. The van der Waals surface area contributed by atoms with E-state index < -0.39 is 4.92 Å². The molecule has 2 N–H and O–H groups in total. The fourth-order valence-electron chi connectivity index (χ4n) is 3.04. The number of nitro groups is 1. The summed E-state index contributed by atoms with van der Waals surface area (Å²) in [6.45, 7) is 3.58. The zero-order valence-electron chi connectivity index (χ0n) is 14.3. The van der Waals surface area contributed by atoms with Gasteiger partial charge in [0.05, 0.1) is 16.6 Å². The van der Waals surface area contributed by atoms with E-state index in [1.165, 1.54) is 6.07 Å². The lowest BCUT2D eigenvalue weighted by molar-refractivity contribution is -0.384. The quantitative estimate of drug-likeness (QED) is 0.548. The fraction of sp³-hybridized carbons (Fsp3) is 0.294. The number of nitrogens with one attached hydrogen (secondary N) is 2. The smallest absolute Gasteiger partial charge is 0.311 e. The van der Waals surface area contributed by atoms with Crippen LogP contribution in [0.25, 0.3) is 10.9 Å². The largest absolute Gasteiger partial charge is 0.354 e. The van der Waals surface area contributed by atoms with Crippen LogP contribution in [0, 0.1) is 10.1 Å². The molecule has 1 aliphatic heterocycles. The molecular weight excluding hydrogens is 334 g/mol. The molecule has 134 valence electrons. The Labute approximate surface area is 149 Å². The van der Waals surface area contributed by atoms with Gasteiger partial charge in [0, 0.05) is 43.3 Å². The van der Waals surface area contributed by atoms with Crippen molar-refractivity contribution >= 4 is 33.9 Å². The molecule has 1 aromatic carbocycles. The highest BCUT2D eigenvalue weighted by Gasteiger charge is 2.21. The van der Waals surface area contributed by atoms with Crippen molar-refractivity contribution in [3.8, 4) is 0 Å². The molecule has 0 spiro atoms. The van der Waals surface area contributed by atoms with Crippen LogP contribution >= 0.6 is 0 Å². The number of fused-ring (bicyclic) bond motifs is 1. The third-order valence-electron chi connectivity index (χ3n) is 4.59. The lowest BCUT2D eigenvalue weighted by atomic mass is 10.2. The summed E-state index contributed by atoms with van der Waals surface area (Å²) in [7, 11) is 2.08. The number of aromatic amines is 1. The van der Waals surface area contributed by atoms with Crippen molar-refractivity contribution in [1.29, 1.82) is 0 Å². The van der Waals surface area contributed by atoms with Crippen LogP contribution in [0.5, 0.6) is 0 Å². The van der Waals surface area contributed by atoms with E-state index in [0.29, 0.717) is 5.69 Å². The highest BCUT2D eigenvalue weighted by molar-refractivity contribution is 5.83. The van der Waals surface area contributed by atoms with Gasteiger partial charge in [0.2, 0.25) is 5.82 Å². The van der Waals surface area contributed by atoms with Crippen LogP contribution in [0.3, 0.4) is 0 Å². The van der Waals surface area contributed by atoms with E-state index in [0.717, 1.165) is 42.9 Å². The van der Waals surface area contributed by atoms with Gasteiger partial charge in [0.15, 0.2) is 0 Å². The summed E-state index contributed by atoms with van der Waals surface area (Å²) in [5, 5.41) is 22.3. The second-order valence-electron chi connectivity index (χ2n) is 6.38. The molecule has 0 radical (unpaired) electrons. The normalized spacial score (nSPS) is 15.3. The number of nitrogens with zero attached hydrogens (tertiary/aromatic N) is 5. The summed E-state index contributed by atoms with van der Waals surface area (Å²) in [5.74, 6) is 0.985. The molecule has 0 atom stereocenters. The number of anilines is 3. The minimum absolute atomic E-state index is 0.0485. The summed E-state index contributed by atoms with van der Waals surface area (Å²) in [6.07, 6.45) is 1.73. The SMILES string of the molecule is CN1CCN(c2ccc([N+](=O)[O-])c(Nc3ccc4cn[nH]c4c3)n2)CC1. The van der Waals surface area contributed by atoms with E-state index >= 15 is 0 Å². The molecule has 2 aromatic heterocycles. The highest BCUT2D eigenvalue weighted by atomic mass is 16.6. The molecule has 1 saturated heterocycles. The number of rotatable bonds is 4. The maximum Gasteiger partial charge on any atom is 0.311 e. The predicted octanol–water partition coefficient (Wildman–Crippen LogP) is 2.36. The van der Waals surface area contributed by atoms with E-state index in [1.807, 2.05) is 18.2 Å². The van der Waals surface area contributed by atoms with E-state index in [-0.39, 0.29) is 11.5 Å². The molecule has 9 heteroatoms. The molecule has 9 nitrogen and oxygen atoms in total. The molecule has 1 fully saturated rings. The van der Waals surface area contributed by atoms with Gasteiger partial charge < -0.3 is 15.1 Å². The molecular formula is C17H19N7O2. The Morgan fingerprint density at radius 1 is 1.19 bits per heavy atom. The van der Waals surface area contributed by atoms with Gasteiger partial charge in [-0.2, -0.15) is 5.10 Å². The van der Waals surface area contributed by atoms with Crippen molar-refractivity contribution in [1.82, 2.24) is 20.1 Å². The first-order chi connectivity index (χ1) is 12.6. The lowest BCUT2D eigenvalue weighted by Crippen LogP contribution is -2.44. The summed E-state index contributed by atoms with van der Waals surface area (Å²) in [6, 6.07) is 8.84. The van der Waals surface area contributed by atoms with Gasteiger partial charge in [0.1, 0.15) is 5.82 Å². The number of hydrogen-bond donors (Lipinski definition) is 2. The Bertz CT molecular complexity index is 947. The molecule has 3 heterocycles. The number of likely N-dealkylation sites (N-methyl/N-ethyl adjacent to an activating group) is 1. The summed E-state index contributed by atoms with van der Waals surface area (Å²) in [4.78, 5) is 19.9. The predicted molar refractivity (Wildman–Crippen MR) is 100.0 cm³/mol. The average Bonchev–Trinajstić information content (AvgIpc) is 3.10. The van der Waals surface area contributed by atoms with E-state index in [1.54, 1.807) is 12.3 Å². The van der Waals surface area contributed by atoms with Crippen LogP contribution < -0.4 is 10.2 Å². The zero-order chi connectivity index (χ0) is 18.1. The highest BCUT2D eigenvalue weighted by Crippen LogP contribution is 2.29. The van der Waals surface area contributed by atoms with Crippen molar-refractivity contribution in [3.05, 3.63) is 46.6 Å². The first-order valence-electron chi connectivity index (χ1n) is 8.39. The second-order valence-corrected chi connectivity index (χ2v) is 6.38. The van der Waals surface area contributed by atoms with Gasteiger partial charge in [-0.25, -0.2) is 4.98 Å². The Morgan fingerprint density at radius 2 is 2.00 bits per heavy atom. The minimum atomic E-state index is -0.419. The van der Waals surface area contributed by atoms with E-state index in [4.69, 9.17) is 0 Å². The van der Waals surface area contributed by atoms with E-state index in [2.05, 4.69) is 37.3 Å². The van der Waals surface area contributed by atoms with Gasteiger partial charge in [-0.05, 0) is 31.3 Å². The number of pyridine rings is 1. The monoisotopic (exact) mass is 353 g/mol. The Kier molecular flexibility index (Phi) is 4.13. The number of H-pyrrole nitrogens is 1. The molecule has 26 heavy (non-hydrogen) atoms. The molecule has 0 saturated carbocycles. The van der Waals surface area contributed by atoms with Crippen molar-refractivity contribution in [2.75, 3.05) is 43.4 Å². The van der Waals surface area contributed by atoms with Crippen LogP contribution in [-0.4, -0.2) is 58.2 Å². The molecule has 0 aliphatic carbocycles. The van der Waals surface area contributed by atoms with Gasteiger partial charge >= 0.3 is 5.69 Å². The molecule has 0 amide bonds. The summed E-state index contributed by atoms with van der Waals surface area (Å²) >= 11 is 0. The maximum atomic E-state index is 11.4. The van der Waals surface area contributed by atoms with Crippen LogP contribution in [0.4, 0.5) is 23.0 Å². The Morgan fingerprint density at radius 3 is 2.77 bits per heavy atom. The van der Waals surface area contributed by atoms with Crippen molar-refractivity contribution in [2.24, 2.45) is 0 Å². The lowest BCUT2D eigenvalue weighted by Gasteiger charge is -2.33. The van der Waals surface area contributed by atoms with Gasteiger partial charge in [-0.1, -0.05) is 0 Å². The molecule has 3 aromatic rings. The van der Waals surface area contributed by atoms with Crippen molar-refractivity contribution < 1.29 is 4.92 Å². The van der Waals surface area contributed by atoms with Crippen LogP contribution in [0.15, 0.2) is 36.5 Å². The molecule has 1 aliphatic rings. The molecule has 0 bridgehead atoms. The Balaban J connectivity index is 1.65. The third-order valence-corrected chi connectivity index (χ3v) is 4.59. The maximum absolute atomic E-state index is 11.4. The first-order valence-corrected chi connectivity index (χ1v) is 8.39. The second kappa shape index (κ2) is 6.60. The van der Waals surface area contributed by atoms with Crippen molar-refractivity contribution in [2.45, 2.75) is 0 Å². The van der Waals surface area contributed by atoms with Crippen LogP contribution in [0.2, 0.25) is 0 Å². The van der Waals surface area contributed by atoms with Crippen LogP contribution in [-0.2, 0) is 0 Å². The average molecular weight is 353 g/mol. The number of piperazine rings is 1. The minimum Gasteiger partial charge on any atom is -0.354 e. The van der Waals surface area contributed by atoms with Gasteiger partial charge in [0.25, 0.3) is 0 Å². The fourth-order valence-corrected chi connectivity index (χ4v) is 3.04. The molecule has 0 unspecified atom stereocenters. The summed E-state index contributed by atoms with van der Waals surface area (Å²) < 4.78 is 0. The summed E-state index contributed by atoms with van der Waals surface area (Å²) in [5.41, 5.74) is 1.52. The zero-order valence-corrected chi connectivity index (χ0v) is 14.3. The van der Waals surface area contributed by atoms with Gasteiger partial charge in [-0.15, -0.1) is 0 Å². The first kappa shape index (κ1) is 16.3. The number of benzene rings is 1. The third kappa shape index (κ3) is 3.16. The number of aromatic nitrogens is 3.